The van der Waals surface area contributed by atoms with Crippen LogP contribution >= 0.6 is 0 Å². The zero-order valence-corrected chi connectivity index (χ0v) is 11.5. The average Bonchev–Trinajstić information content (AvgIpc) is 2.72. The van der Waals surface area contributed by atoms with E-state index in [0.717, 1.165) is 5.56 Å². The van der Waals surface area contributed by atoms with Crippen molar-refractivity contribution in [2.45, 2.75) is 32.1 Å². The smallest absolute Gasteiger partial charge is 0.238 e. The van der Waals surface area contributed by atoms with Crippen LogP contribution in [0.15, 0.2) is 35.4 Å². The molecule has 0 radical (unpaired) electrons. The van der Waals surface area contributed by atoms with Crippen LogP contribution in [0.5, 0.6) is 0 Å². The molecule has 5 heteroatoms. The van der Waals surface area contributed by atoms with Crippen molar-refractivity contribution in [3.8, 4) is 0 Å². The maximum absolute atomic E-state index is 12.5. The molecular weight excluding hydrogens is 248 g/mol. The molecule has 0 amide bonds. The number of benzene rings is 1. The highest BCUT2D eigenvalue weighted by atomic mass is 32.2. The van der Waals surface area contributed by atoms with Gasteiger partial charge in [-0.2, -0.15) is 0 Å². The van der Waals surface area contributed by atoms with Gasteiger partial charge in [0.05, 0.1) is 10.6 Å². The second kappa shape index (κ2) is 4.57. The van der Waals surface area contributed by atoms with E-state index in [1.807, 2.05) is 13.8 Å². The van der Waals surface area contributed by atoms with Crippen LogP contribution in [0, 0.1) is 13.8 Å². The van der Waals surface area contributed by atoms with E-state index in [9.17, 15) is 8.42 Å². The Bertz CT molecular complexity index is 655. The van der Waals surface area contributed by atoms with Crippen molar-refractivity contribution in [2.75, 3.05) is 0 Å². The van der Waals surface area contributed by atoms with Crippen LogP contribution < -0.4 is 0 Å². The molecule has 1 heterocycles. The van der Waals surface area contributed by atoms with Gasteiger partial charge in [-0.05, 0) is 26.0 Å². The molecule has 1 aromatic heterocycles. The quantitative estimate of drug-likeness (QED) is 0.854. The molecule has 0 spiro atoms. The lowest BCUT2D eigenvalue weighted by molar-refractivity contribution is 0.584. The molecule has 2 rings (SSSR count). The lowest BCUT2D eigenvalue weighted by atomic mass is 10.2. The minimum absolute atomic E-state index is 0.292. The normalized spacial score (nSPS) is 11.7. The molecule has 1 aromatic carbocycles. The van der Waals surface area contributed by atoms with E-state index in [4.69, 9.17) is 0 Å². The monoisotopic (exact) mass is 264 g/mol. The Morgan fingerprint density at radius 3 is 2.33 bits per heavy atom. The number of hydrogen-bond acceptors (Lipinski definition) is 3. The first kappa shape index (κ1) is 12.8. The van der Waals surface area contributed by atoms with E-state index in [1.165, 1.54) is 3.97 Å². The minimum Gasteiger partial charge on any atom is -0.238 e. The van der Waals surface area contributed by atoms with Crippen molar-refractivity contribution in [3.05, 3.63) is 47.5 Å². The number of nitrogens with zero attached hydrogens (tertiary/aromatic N) is 2. The third kappa shape index (κ3) is 2.18. The van der Waals surface area contributed by atoms with Crippen molar-refractivity contribution in [1.82, 2.24) is 8.96 Å². The van der Waals surface area contributed by atoms with Crippen LogP contribution in [0.3, 0.4) is 0 Å². The maximum atomic E-state index is 12.5. The summed E-state index contributed by atoms with van der Waals surface area (Å²) in [7, 11) is -3.52. The predicted molar refractivity (Wildman–Crippen MR) is 70.1 cm³/mol. The predicted octanol–water partition coefficient (Wildman–Crippen LogP) is 2.30. The molecule has 4 nitrogen and oxygen atoms in total. The van der Waals surface area contributed by atoms with Gasteiger partial charge in [0, 0.05) is 12.6 Å². The molecule has 0 atom stereocenters. The largest absolute Gasteiger partial charge is 0.269 e. The summed E-state index contributed by atoms with van der Waals surface area (Å²) in [5.41, 5.74) is 1.74. The zero-order chi connectivity index (χ0) is 13.3. The van der Waals surface area contributed by atoms with Gasteiger partial charge in [-0.1, -0.05) is 24.6 Å². The summed E-state index contributed by atoms with van der Waals surface area (Å²) in [4.78, 5) is 4.51. The molecule has 96 valence electrons. The molecule has 0 saturated carbocycles. The van der Waals surface area contributed by atoms with Gasteiger partial charge in [0.2, 0.25) is 0 Å². The van der Waals surface area contributed by atoms with Gasteiger partial charge in [0.15, 0.2) is 0 Å². The van der Waals surface area contributed by atoms with E-state index in [-0.39, 0.29) is 0 Å². The standard InChI is InChI=1S/C13H16N2O2S/c1-4-13-14-11(3)9-15(13)18(16,17)12-7-5-10(2)6-8-12/h5-9H,4H2,1-3H3. The number of aromatic nitrogens is 2. The fraction of sp³-hybridized carbons (Fsp3) is 0.308. The Labute approximate surface area is 107 Å². The summed E-state index contributed by atoms with van der Waals surface area (Å²) in [6.45, 7) is 5.61. The highest BCUT2D eigenvalue weighted by Crippen LogP contribution is 2.17. The maximum Gasteiger partial charge on any atom is 0.269 e. The summed E-state index contributed by atoms with van der Waals surface area (Å²) in [5.74, 6) is 0.563. The van der Waals surface area contributed by atoms with Crippen molar-refractivity contribution in [1.29, 1.82) is 0 Å². The molecule has 0 saturated heterocycles. The van der Waals surface area contributed by atoms with Crippen molar-refractivity contribution >= 4 is 10.0 Å². The zero-order valence-electron chi connectivity index (χ0n) is 10.7. The van der Waals surface area contributed by atoms with Crippen molar-refractivity contribution in [2.24, 2.45) is 0 Å². The molecule has 0 aliphatic rings. The number of hydrogen-bond donors (Lipinski definition) is 0. The third-order valence-corrected chi connectivity index (χ3v) is 4.46. The molecule has 0 aliphatic carbocycles. The minimum atomic E-state index is -3.52. The lowest BCUT2D eigenvalue weighted by Crippen LogP contribution is -2.15. The van der Waals surface area contributed by atoms with Crippen molar-refractivity contribution < 1.29 is 8.42 Å². The Hall–Kier alpha value is -1.62. The van der Waals surface area contributed by atoms with Crippen LogP contribution in [-0.2, 0) is 16.4 Å². The van der Waals surface area contributed by atoms with E-state index < -0.39 is 10.0 Å². The second-order valence-corrected chi connectivity index (χ2v) is 6.08. The molecule has 0 N–H and O–H groups in total. The van der Waals surface area contributed by atoms with Gasteiger partial charge in [0.25, 0.3) is 10.0 Å². The Morgan fingerprint density at radius 1 is 1.17 bits per heavy atom. The summed E-state index contributed by atoms with van der Waals surface area (Å²) in [6, 6.07) is 6.84. The van der Waals surface area contributed by atoms with Crippen molar-refractivity contribution in [3.63, 3.8) is 0 Å². The van der Waals surface area contributed by atoms with Gasteiger partial charge in [-0.25, -0.2) is 17.4 Å². The van der Waals surface area contributed by atoms with E-state index in [2.05, 4.69) is 4.98 Å². The fourth-order valence-electron chi connectivity index (χ4n) is 1.79. The first-order valence-corrected chi connectivity index (χ1v) is 7.26. The van der Waals surface area contributed by atoms with Gasteiger partial charge >= 0.3 is 0 Å². The molecule has 2 aromatic rings. The summed E-state index contributed by atoms with van der Waals surface area (Å²) >= 11 is 0. The fourth-order valence-corrected chi connectivity index (χ4v) is 3.24. The Morgan fingerprint density at radius 2 is 1.78 bits per heavy atom. The van der Waals surface area contributed by atoms with E-state index in [0.29, 0.717) is 22.8 Å². The first-order chi connectivity index (χ1) is 8.45. The molecule has 0 unspecified atom stereocenters. The van der Waals surface area contributed by atoms with Crippen LogP contribution in [0.1, 0.15) is 24.0 Å². The highest BCUT2D eigenvalue weighted by Gasteiger charge is 2.20. The van der Waals surface area contributed by atoms with Crippen LogP contribution in [0.4, 0.5) is 0 Å². The van der Waals surface area contributed by atoms with Gasteiger partial charge < -0.3 is 0 Å². The SMILES string of the molecule is CCc1nc(C)cn1S(=O)(=O)c1ccc(C)cc1. The number of imidazole rings is 1. The molecule has 0 aliphatic heterocycles. The van der Waals surface area contributed by atoms with E-state index in [1.54, 1.807) is 37.4 Å². The third-order valence-electron chi connectivity index (χ3n) is 2.76. The molecular formula is C13H16N2O2S. The summed E-state index contributed by atoms with van der Waals surface area (Å²) in [6.07, 6.45) is 2.15. The summed E-state index contributed by atoms with van der Waals surface area (Å²) in [5, 5.41) is 0. The Balaban J connectivity index is 2.57. The summed E-state index contributed by atoms with van der Waals surface area (Å²) < 4.78 is 26.2. The molecule has 0 bridgehead atoms. The number of rotatable bonds is 3. The van der Waals surface area contributed by atoms with Crippen LogP contribution in [0.2, 0.25) is 0 Å². The van der Waals surface area contributed by atoms with Gasteiger partial charge in [-0.15, -0.1) is 0 Å². The Kier molecular flexibility index (Phi) is 3.26. The van der Waals surface area contributed by atoms with Crippen LogP contribution in [-0.4, -0.2) is 17.4 Å². The van der Waals surface area contributed by atoms with Crippen LogP contribution in [0.25, 0.3) is 0 Å². The highest BCUT2D eigenvalue weighted by molar-refractivity contribution is 7.90. The topological polar surface area (TPSA) is 52.0 Å². The second-order valence-electron chi connectivity index (χ2n) is 4.27. The molecule has 0 fully saturated rings. The number of aryl methyl sites for hydroxylation is 3. The lowest BCUT2D eigenvalue weighted by Gasteiger charge is -2.08. The average molecular weight is 264 g/mol. The van der Waals surface area contributed by atoms with E-state index >= 15 is 0 Å². The van der Waals surface area contributed by atoms with Gasteiger partial charge in [0.1, 0.15) is 5.82 Å². The molecule has 18 heavy (non-hydrogen) atoms. The van der Waals surface area contributed by atoms with Gasteiger partial charge in [-0.3, -0.25) is 0 Å². The first-order valence-electron chi connectivity index (χ1n) is 5.82.